The molecule has 1 heterocycles. The summed E-state index contributed by atoms with van der Waals surface area (Å²) < 4.78 is 17.0. The lowest BCUT2D eigenvalue weighted by molar-refractivity contribution is 0.150. The van der Waals surface area contributed by atoms with Crippen molar-refractivity contribution in [2.24, 2.45) is 30.0 Å². The average molecular weight is 607 g/mol. The zero-order valence-corrected chi connectivity index (χ0v) is 25.8. The Labute approximate surface area is 266 Å². The van der Waals surface area contributed by atoms with E-state index in [9.17, 15) is 0 Å². The normalized spacial score (nSPS) is 16.8. The number of benzene rings is 3. The van der Waals surface area contributed by atoms with Crippen LogP contribution in [0, 0.1) is 0 Å². The lowest BCUT2D eigenvalue weighted by Gasteiger charge is -2.01. The average Bonchev–Trinajstić information content (AvgIpc) is 3.06. The Morgan fingerprint density at radius 1 is 0.311 bits per heavy atom. The molecule has 0 radical (unpaired) electrons. The van der Waals surface area contributed by atoms with Crippen LogP contribution >= 0.6 is 0 Å². The SMILES string of the molecule is C1=NCCOCCN=Cc2cccc(c2)C=NCCOCCN=Cc2cccc(c2)C=NCCOCCN=Cc2cccc1c2. The largest absolute Gasteiger partial charge is 0.378 e. The highest BCUT2D eigenvalue weighted by atomic mass is 16.5. The summed E-state index contributed by atoms with van der Waals surface area (Å²) in [7, 11) is 0. The minimum Gasteiger partial charge on any atom is -0.378 e. The summed E-state index contributed by atoms with van der Waals surface area (Å²) in [5.74, 6) is 0. The Hall–Kier alpha value is -4.44. The minimum absolute atomic E-state index is 0.550. The van der Waals surface area contributed by atoms with Gasteiger partial charge in [-0.25, -0.2) is 0 Å². The van der Waals surface area contributed by atoms with Gasteiger partial charge in [-0.3, -0.25) is 30.0 Å². The van der Waals surface area contributed by atoms with Gasteiger partial charge in [0.05, 0.1) is 78.9 Å². The van der Waals surface area contributed by atoms with Crippen LogP contribution in [0.25, 0.3) is 0 Å². The maximum atomic E-state index is 5.68. The van der Waals surface area contributed by atoms with Crippen molar-refractivity contribution in [1.29, 1.82) is 0 Å². The first-order valence-corrected chi connectivity index (χ1v) is 15.4. The van der Waals surface area contributed by atoms with E-state index in [0.717, 1.165) is 33.4 Å². The van der Waals surface area contributed by atoms with Crippen molar-refractivity contribution in [2.45, 2.75) is 0 Å². The number of ether oxygens (including phenoxy) is 3. The molecule has 3 aromatic rings. The Kier molecular flexibility index (Phi) is 15.8. The zero-order chi connectivity index (χ0) is 31.0. The predicted molar refractivity (Wildman–Crippen MR) is 187 cm³/mol. The van der Waals surface area contributed by atoms with Gasteiger partial charge in [-0.2, -0.15) is 0 Å². The van der Waals surface area contributed by atoms with Crippen LogP contribution < -0.4 is 0 Å². The predicted octanol–water partition coefficient (Wildman–Crippen LogP) is 4.66. The Bertz CT molecular complexity index is 1200. The van der Waals surface area contributed by atoms with Crippen LogP contribution in [0.3, 0.4) is 0 Å². The molecular formula is C36H42N6O3. The van der Waals surface area contributed by atoms with Gasteiger partial charge >= 0.3 is 0 Å². The highest BCUT2D eigenvalue weighted by Crippen LogP contribution is 2.03. The van der Waals surface area contributed by atoms with Crippen molar-refractivity contribution < 1.29 is 14.2 Å². The second-order valence-corrected chi connectivity index (χ2v) is 10.1. The maximum Gasteiger partial charge on any atom is 0.0662 e. The summed E-state index contributed by atoms with van der Waals surface area (Å²) in [6.07, 6.45) is 11.2. The molecule has 4 rings (SSSR count). The van der Waals surface area contributed by atoms with Crippen LogP contribution in [0.4, 0.5) is 0 Å². The quantitative estimate of drug-likeness (QED) is 0.372. The Morgan fingerprint density at radius 3 is 0.711 bits per heavy atom. The highest BCUT2D eigenvalue weighted by Gasteiger charge is 1.95. The molecule has 45 heavy (non-hydrogen) atoms. The summed E-state index contributed by atoms with van der Waals surface area (Å²) in [6.45, 7) is 6.86. The minimum atomic E-state index is 0.550. The van der Waals surface area contributed by atoms with Gasteiger partial charge in [-0.1, -0.05) is 54.6 Å². The molecule has 0 unspecified atom stereocenters. The van der Waals surface area contributed by atoms with E-state index < -0.39 is 0 Å². The number of rotatable bonds is 0. The van der Waals surface area contributed by atoms with Gasteiger partial charge in [0.2, 0.25) is 0 Å². The summed E-state index contributed by atoms with van der Waals surface area (Å²) >= 11 is 0. The fourth-order valence-corrected chi connectivity index (χ4v) is 4.19. The van der Waals surface area contributed by atoms with Gasteiger partial charge in [0.25, 0.3) is 0 Å². The van der Waals surface area contributed by atoms with Crippen molar-refractivity contribution in [3.63, 3.8) is 0 Å². The van der Waals surface area contributed by atoms with Crippen molar-refractivity contribution in [3.8, 4) is 0 Å². The van der Waals surface area contributed by atoms with Crippen molar-refractivity contribution in [2.75, 3.05) is 78.9 Å². The molecule has 0 spiro atoms. The molecule has 0 N–H and O–H groups in total. The molecule has 0 saturated heterocycles. The molecule has 9 heteroatoms. The standard InChI is InChI=1S/C36H42N6O3/c1-4-31-22-32(5-1)26-38-11-17-44-19-13-40-28-34-7-3-9-36(24-34)30-42-15-21-45-20-14-41-29-35-8-2-6-33(23-35)27-39-12-18-43-16-10-37-25-31/h1-9,22-30H,10-21H2. The van der Waals surface area contributed by atoms with E-state index in [0.29, 0.717) is 78.9 Å². The smallest absolute Gasteiger partial charge is 0.0662 e. The molecule has 0 aromatic heterocycles. The second kappa shape index (κ2) is 21.3. The molecule has 0 atom stereocenters. The number of hydrogen-bond donors (Lipinski definition) is 0. The lowest BCUT2D eigenvalue weighted by Crippen LogP contribution is -2.03. The number of fused-ring (bicyclic) bond motifs is 6. The first-order chi connectivity index (χ1) is 22.3. The summed E-state index contributed by atoms with van der Waals surface area (Å²) in [5.41, 5.74) is 6.16. The lowest BCUT2D eigenvalue weighted by atomic mass is 10.1. The summed E-state index contributed by atoms with van der Waals surface area (Å²) in [5, 5.41) is 0. The maximum absolute atomic E-state index is 5.68. The highest BCUT2D eigenvalue weighted by molar-refractivity contribution is 5.87. The first kappa shape index (κ1) is 33.5. The van der Waals surface area contributed by atoms with Gasteiger partial charge in [0.15, 0.2) is 0 Å². The zero-order valence-electron chi connectivity index (χ0n) is 25.8. The van der Waals surface area contributed by atoms with E-state index in [1.807, 2.05) is 91.9 Å². The first-order valence-electron chi connectivity index (χ1n) is 15.4. The van der Waals surface area contributed by atoms with E-state index >= 15 is 0 Å². The van der Waals surface area contributed by atoms with Crippen molar-refractivity contribution in [3.05, 3.63) is 106 Å². The van der Waals surface area contributed by atoms with E-state index in [-0.39, 0.29) is 0 Å². The molecule has 6 bridgehead atoms. The molecular weight excluding hydrogens is 564 g/mol. The fraction of sp³-hybridized carbons (Fsp3) is 0.333. The molecule has 0 aliphatic carbocycles. The van der Waals surface area contributed by atoms with Gasteiger partial charge in [-0.15, -0.1) is 0 Å². The molecule has 0 saturated carbocycles. The summed E-state index contributed by atoms with van der Waals surface area (Å²) in [6, 6.07) is 24.3. The fourth-order valence-electron chi connectivity index (χ4n) is 4.19. The van der Waals surface area contributed by atoms with Crippen LogP contribution in [-0.2, 0) is 14.2 Å². The van der Waals surface area contributed by atoms with Crippen LogP contribution in [0.5, 0.6) is 0 Å². The van der Waals surface area contributed by atoms with E-state index in [4.69, 9.17) is 14.2 Å². The van der Waals surface area contributed by atoms with Crippen molar-refractivity contribution >= 4 is 37.3 Å². The van der Waals surface area contributed by atoms with Crippen molar-refractivity contribution in [1.82, 2.24) is 0 Å². The molecule has 0 fully saturated rings. The molecule has 1 aliphatic heterocycles. The number of nitrogens with zero attached hydrogens (tertiary/aromatic N) is 6. The van der Waals surface area contributed by atoms with Gasteiger partial charge in [0, 0.05) is 37.3 Å². The molecule has 1 aliphatic rings. The second-order valence-electron chi connectivity index (χ2n) is 10.1. The number of hydrogen-bond acceptors (Lipinski definition) is 9. The van der Waals surface area contributed by atoms with Gasteiger partial charge < -0.3 is 14.2 Å². The number of aliphatic imine (C=N–C) groups is 6. The molecule has 9 nitrogen and oxygen atoms in total. The Balaban J connectivity index is 1.29. The van der Waals surface area contributed by atoms with Gasteiger partial charge in [-0.05, 0) is 51.6 Å². The van der Waals surface area contributed by atoms with Gasteiger partial charge in [0.1, 0.15) is 0 Å². The third kappa shape index (κ3) is 14.7. The molecule has 0 amide bonds. The monoisotopic (exact) mass is 606 g/mol. The topological polar surface area (TPSA) is 102 Å². The van der Waals surface area contributed by atoms with Crippen LogP contribution in [0.15, 0.2) is 103 Å². The van der Waals surface area contributed by atoms with E-state index in [1.54, 1.807) is 0 Å². The third-order valence-corrected chi connectivity index (χ3v) is 6.36. The Morgan fingerprint density at radius 2 is 0.511 bits per heavy atom. The third-order valence-electron chi connectivity index (χ3n) is 6.36. The molecule has 3 aromatic carbocycles. The van der Waals surface area contributed by atoms with Crippen LogP contribution in [0.2, 0.25) is 0 Å². The van der Waals surface area contributed by atoms with E-state index in [1.165, 1.54) is 0 Å². The van der Waals surface area contributed by atoms with Crippen LogP contribution in [0.1, 0.15) is 33.4 Å². The molecule has 234 valence electrons. The van der Waals surface area contributed by atoms with Crippen LogP contribution in [-0.4, -0.2) is 116 Å². The van der Waals surface area contributed by atoms with E-state index in [2.05, 4.69) is 48.2 Å². The summed E-state index contributed by atoms with van der Waals surface area (Å²) in [4.78, 5) is 26.9.